The molecule has 7 heteroatoms. The minimum Gasteiger partial charge on any atom is -0.478 e. The van der Waals surface area contributed by atoms with Gasteiger partial charge >= 0.3 is 12.1 Å². The summed E-state index contributed by atoms with van der Waals surface area (Å²) in [6.07, 6.45) is -4.79. The Balaban J connectivity index is 2.43. The van der Waals surface area contributed by atoms with Crippen molar-refractivity contribution in [2.45, 2.75) is 16.0 Å². The summed E-state index contributed by atoms with van der Waals surface area (Å²) in [7, 11) is 0. The lowest BCUT2D eigenvalue weighted by atomic mass is 10.1. The SMILES string of the molecule is O=C(O)c1ccc(Sc2ccccc2F)cc1C(F)(F)F. The second-order valence-corrected chi connectivity index (χ2v) is 5.16. The summed E-state index contributed by atoms with van der Waals surface area (Å²) in [5.41, 5.74) is -2.09. The molecule has 1 N–H and O–H groups in total. The highest BCUT2D eigenvalue weighted by Crippen LogP contribution is 2.37. The zero-order chi connectivity index (χ0) is 15.6. The van der Waals surface area contributed by atoms with E-state index in [-0.39, 0.29) is 9.79 Å². The van der Waals surface area contributed by atoms with Gasteiger partial charge in [-0.3, -0.25) is 0 Å². The standard InChI is InChI=1S/C14H8F4O2S/c15-11-3-1-2-4-12(11)21-8-5-6-9(13(19)20)10(7-8)14(16,17)18/h1-7H,(H,19,20). The van der Waals surface area contributed by atoms with E-state index in [0.717, 1.165) is 17.8 Å². The third kappa shape index (κ3) is 3.55. The predicted molar refractivity (Wildman–Crippen MR) is 68.9 cm³/mol. The van der Waals surface area contributed by atoms with Gasteiger partial charge in [-0.15, -0.1) is 0 Å². The van der Waals surface area contributed by atoms with Crippen molar-refractivity contribution in [3.63, 3.8) is 0 Å². The number of rotatable bonds is 3. The third-order valence-corrected chi connectivity index (χ3v) is 3.63. The normalized spacial score (nSPS) is 11.4. The first-order valence-corrected chi connectivity index (χ1v) is 6.47. The summed E-state index contributed by atoms with van der Waals surface area (Å²) in [5, 5.41) is 8.79. The minimum atomic E-state index is -4.79. The van der Waals surface area contributed by atoms with Crippen LogP contribution in [0.15, 0.2) is 52.3 Å². The van der Waals surface area contributed by atoms with Gasteiger partial charge in [0.05, 0.1) is 11.1 Å². The van der Waals surface area contributed by atoms with Crippen molar-refractivity contribution in [2.24, 2.45) is 0 Å². The highest BCUT2D eigenvalue weighted by atomic mass is 32.2. The van der Waals surface area contributed by atoms with Gasteiger partial charge in [0.15, 0.2) is 0 Å². The van der Waals surface area contributed by atoms with E-state index < -0.39 is 29.1 Å². The average molecular weight is 316 g/mol. The number of carboxylic acids is 1. The van der Waals surface area contributed by atoms with Crippen LogP contribution in [0.4, 0.5) is 17.6 Å². The molecule has 2 aromatic rings. The number of hydrogen-bond acceptors (Lipinski definition) is 2. The van der Waals surface area contributed by atoms with Crippen molar-refractivity contribution in [3.8, 4) is 0 Å². The van der Waals surface area contributed by atoms with E-state index in [0.29, 0.717) is 6.07 Å². The Morgan fingerprint density at radius 2 is 1.76 bits per heavy atom. The van der Waals surface area contributed by atoms with Crippen molar-refractivity contribution in [1.29, 1.82) is 0 Å². The number of halogens is 4. The third-order valence-electron chi connectivity index (χ3n) is 2.59. The van der Waals surface area contributed by atoms with Gasteiger partial charge in [0.2, 0.25) is 0 Å². The number of hydrogen-bond donors (Lipinski definition) is 1. The Kier molecular flexibility index (Phi) is 4.22. The van der Waals surface area contributed by atoms with E-state index in [1.807, 2.05) is 0 Å². The molecular weight excluding hydrogens is 308 g/mol. The lowest BCUT2D eigenvalue weighted by molar-refractivity contribution is -0.138. The molecule has 0 fully saturated rings. The fourth-order valence-corrected chi connectivity index (χ4v) is 2.54. The first-order valence-electron chi connectivity index (χ1n) is 5.66. The van der Waals surface area contributed by atoms with Crippen LogP contribution in [0.5, 0.6) is 0 Å². The largest absolute Gasteiger partial charge is 0.478 e. The van der Waals surface area contributed by atoms with E-state index in [1.165, 1.54) is 24.3 Å². The van der Waals surface area contributed by atoms with Gasteiger partial charge in [-0.05, 0) is 30.3 Å². The Morgan fingerprint density at radius 1 is 1.10 bits per heavy atom. The highest BCUT2D eigenvalue weighted by molar-refractivity contribution is 7.99. The maximum absolute atomic E-state index is 13.5. The number of alkyl halides is 3. The van der Waals surface area contributed by atoms with Crippen LogP contribution in [0.3, 0.4) is 0 Å². The summed E-state index contributed by atoms with van der Waals surface area (Å²) in [4.78, 5) is 11.1. The van der Waals surface area contributed by atoms with Crippen LogP contribution in [-0.2, 0) is 6.18 Å². The van der Waals surface area contributed by atoms with E-state index in [2.05, 4.69) is 0 Å². The molecule has 0 bridgehead atoms. The Morgan fingerprint density at radius 3 is 2.33 bits per heavy atom. The number of benzene rings is 2. The van der Waals surface area contributed by atoms with Crippen molar-refractivity contribution >= 4 is 17.7 Å². The van der Waals surface area contributed by atoms with Crippen LogP contribution in [0.2, 0.25) is 0 Å². The van der Waals surface area contributed by atoms with Crippen LogP contribution in [-0.4, -0.2) is 11.1 Å². The van der Waals surface area contributed by atoms with Crippen molar-refractivity contribution in [1.82, 2.24) is 0 Å². The number of carboxylic acid groups (broad SMARTS) is 1. The van der Waals surface area contributed by atoms with Gasteiger partial charge in [0, 0.05) is 9.79 Å². The smallest absolute Gasteiger partial charge is 0.417 e. The minimum absolute atomic E-state index is 0.109. The molecule has 0 atom stereocenters. The molecule has 0 unspecified atom stereocenters. The van der Waals surface area contributed by atoms with Gasteiger partial charge in [0.25, 0.3) is 0 Å². The molecule has 2 aromatic carbocycles. The van der Waals surface area contributed by atoms with Gasteiger partial charge in [-0.25, -0.2) is 9.18 Å². The maximum Gasteiger partial charge on any atom is 0.417 e. The first kappa shape index (κ1) is 15.4. The molecule has 0 aliphatic rings. The predicted octanol–water partition coefficient (Wildman–Crippen LogP) is 4.69. The summed E-state index contributed by atoms with van der Waals surface area (Å²) < 4.78 is 52.1. The molecule has 0 saturated heterocycles. The molecule has 0 spiro atoms. The first-order chi connectivity index (χ1) is 9.79. The molecule has 110 valence electrons. The Bertz CT molecular complexity index is 683. The maximum atomic E-state index is 13.5. The molecule has 0 radical (unpaired) electrons. The van der Waals surface area contributed by atoms with Crippen LogP contribution in [0, 0.1) is 5.82 Å². The van der Waals surface area contributed by atoms with Gasteiger partial charge < -0.3 is 5.11 Å². The van der Waals surface area contributed by atoms with Crippen molar-refractivity contribution in [2.75, 3.05) is 0 Å². The van der Waals surface area contributed by atoms with E-state index in [4.69, 9.17) is 5.11 Å². The van der Waals surface area contributed by atoms with Gasteiger partial charge in [-0.1, -0.05) is 23.9 Å². The van der Waals surface area contributed by atoms with Gasteiger partial charge in [-0.2, -0.15) is 13.2 Å². The molecular formula is C14H8F4O2S. The second-order valence-electron chi connectivity index (χ2n) is 4.04. The summed E-state index contributed by atoms with van der Waals surface area (Å²) in [6, 6.07) is 8.44. The molecule has 2 nitrogen and oxygen atoms in total. The fourth-order valence-electron chi connectivity index (χ4n) is 1.66. The van der Waals surface area contributed by atoms with E-state index in [1.54, 1.807) is 6.07 Å². The lowest BCUT2D eigenvalue weighted by Gasteiger charge is -2.12. The number of carbonyl (C=O) groups is 1. The van der Waals surface area contributed by atoms with Crippen LogP contribution in [0.25, 0.3) is 0 Å². The van der Waals surface area contributed by atoms with Crippen LogP contribution in [0.1, 0.15) is 15.9 Å². The van der Waals surface area contributed by atoms with Gasteiger partial charge in [0.1, 0.15) is 5.82 Å². The second kappa shape index (κ2) is 5.77. The van der Waals surface area contributed by atoms with Crippen LogP contribution < -0.4 is 0 Å². The number of aromatic carboxylic acids is 1. The van der Waals surface area contributed by atoms with Crippen LogP contribution >= 0.6 is 11.8 Å². The monoisotopic (exact) mass is 316 g/mol. The van der Waals surface area contributed by atoms with E-state index in [9.17, 15) is 22.4 Å². The topological polar surface area (TPSA) is 37.3 Å². The zero-order valence-corrected chi connectivity index (χ0v) is 11.1. The summed E-state index contributed by atoms with van der Waals surface area (Å²) in [5.74, 6) is -2.22. The Hall–Kier alpha value is -2.02. The zero-order valence-electron chi connectivity index (χ0n) is 10.3. The van der Waals surface area contributed by atoms with Crippen molar-refractivity contribution in [3.05, 3.63) is 59.4 Å². The molecule has 0 amide bonds. The molecule has 0 aliphatic carbocycles. The summed E-state index contributed by atoms with van der Waals surface area (Å²) in [6.45, 7) is 0. The van der Waals surface area contributed by atoms with Crippen molar-refractivity contribution < 1.29 is 27.5 Å². The molecule has 0 saturated carbocycles. The highest BCUT2D eigenvalue weighted by Gasteiger charge is 2.35. The average Bonchev–Trinajstić information content (AvgIpc) is 2.40. The molecule has 21 heavy (non-hydrogen) atoms. The Labute approximate surface area is 121 Å². The molecule has 0 aliphatic heterocycles. The molecule has 0 heterocycles. The van der Waals surface area contributed by atoms with E-state index >= 15 is 0 Å². The summed E-state index contributed by atoms with van der Waals surface area (Å²) >= 11 is 0.797. The molecule has 0 aromatic heterocycles. The molecule has 2 rings (SSSR count). The lowest BCUT2D eigenvalue weighted by Crippen LogP contribution is -2.12. The fraction of sp³-hybridized carbons (Fsp3) is 0.0714. The quantitative estimate of drug-likeness (QED) is 0.834.